The summed E-state index contributed by atoms with van der Waals surface area (Å²) in [4.78, 5) is 70.2. The number of unbranched alkanes of at least 4 members (excludes halogenated alkanes) is 1. The largest absolute Gasteiger partial charge is 0.423 e. The number of nitrogens with two attached hydrogens (primary N) is 1. The molecule has 1 aromatic carbocycles. The number of oxazole rings is 1. The average molecular weight is 800 g/mol. The quantitative estimate of drug-likeness (QED) is 0.0701. The van der Waals surface area contributed by atoms with Crippen LogP contribution in [0.25, 0.3) is 22.1 Å². The normalized spacial score (nSPS) is 22.9. The maximum Gasteiger partial charge on any atom is 0.315 e. The Labute approximate surface area is 333 Å². The Bertz CT molecular complexity index is 2100. The number of likely N-dealkylation sites (tertiary alicyclic amines) is 1. The predicted octanol–water partition coefficient (Wildman–Crippen LogP) is 1.98. The molecule has 18 nitrogen and oxygen atoms in total. The summed E-state index contributed by atoms with van der Waals surface area (Å²) in [6, 6.07) is 7.42. The molecular formula is C38H49N13O5S. The molecule has 7 heterocycles. The summed E-state index contributed by atoms with van der Waals surface area (Å²) in [7, 11) is 0. The number of rotatable bonds is 14. The first-order valence-electron chi connectivity index (χ1n) is 19.8. The Hall–Kier alpha value is -5.27. The van der Waals surface area contributed by atoms with Crippen LogP contribution in [-0.4, -0.2) is 145 Å². The number of nitrogens with one attached hydrogen (secondary N) is 4. The average Bonchev–Trinajstić information content (AvgIpc) is 4.00. The highest BCUT2D eigenvalue weighted by Crippen LogP contribution is 2.33. The first-order valence-corrected chi connectivity index (χ1v) is 20.8. The fraction of sp³-hybridized carbons (Fsp3) is 0.526. The van der Waals surface area contributed by atoms with Crippen LogP contribution < -0.4 is 27.0 Å². The fourth-order valence-electron chi connectivity index (χ4n) is 8.16. The Morgan fingerprint density at radius 1 is 1.05 bits per heavy atom. The second-order valence-corrected chi connectivity index (χ2v) is 16.3. The van der Waals surface area contributed by atoms with Crippen LogP contribution in [0.15, 0.2) is 47.2 Å². The van der Waals surface area contributed by atoms with Gasteiger partial charge in [0.15, 0.2) is 16.9 Å². The molecule has 19 heteroatoms. The van der Waals surface area contributed by atoms with Crippen molar-refractivity contribution < 1.29 is 23.6 Å². The lowest BCUT2D eigenvalue weighted by Gasteiger charge is -2.34. The van der Waals surface area contributed by atoms with Crippen LogP contribution in [0.1, 0.15) is 55.1 Å². The third kappa shape index (κ3) is 8.99. The third-order valence-electron chi connectivity index (χ3n) is 11.2. The standard InChI is InChI=1S/C38H49N13O5S/c39-34-31-33(36(54)46-38-44-25-8-1-2-9-27(25)56-38)47-51(35(31)42-23-41-34)24-7-5-15-50(21-24)30(53)12-6-14-48-17-19-49(20-18-48)16-13-40-29(52)11-4-3-10-28-32-26(22-57-28)43-37(55)45-32/h1-2,6,8-9,12,23-24,26,28,32H,3-5,7,10-11,13-22H2,(H,40,52)(H2,39,41,42)(H2,43,45,55)(H,44,46,54)/t24?,26-,28-,32-/m0/s1. The zero-order valence-corrected chi connectivity index (χ0v) is 32.6. The Morgan fingerprint density at radius 2 is 1.89 bits per heavy atom. The van der Waals surface area contributed by atoms with Gasteiger partial charge in [-0.2, -0.15) is 21.8 Å². The van der Waals surface area contributed by atoms with Crippen molar-refractivity contribution in [2.24, 2.45) is 0 Å². The number of carbonyl (C=O) groups excluding carboxylic acids is 4. The van der Waals surface area contributed by atoms with E-state index >= 15 is 0 Å². The molecule has 0 spiro atoms. The summed E-state index contributed by atoms with van der Waals surface area (Å²) in [5, 5.41) is 17.2. The van der Waals surface area contributed by atoms with E-state index < -0.39 is 5.91 Å². The number of benzene rings is 1. The van der Waals surface area contributed by atoms with Gasteiger partial charge in [-0.15, -0.1) is 0 Å². The highest BCUT2D eigenvalue weighted by Gasteiger charge is 2.42. The van der Waals surface area contributed by atoms with Crippen LogP contribution in [0.4, 0.5) is 16.6 Å². The van der Waals surface area contributed by atoms with Gasteiger partial charge in [0.1, 0.15) is 17.7 Å². The summed E-state index contributed by atoms with van der Waals surface area (Å²) in [6.45, 7) is 6.72. The van der Waals surface area contributed by atoms with Crippen molar-refractivity contribution in [2.45, 2.75) is 61.9 Å². The second-order valence-electron chi connectivity index (χ2n) is 15.0. The number of thioether (sulfide) groups is 1. The third-order valence-corrected chi connectivity index (χ3v) is 12.7. The van der Waals surface area contributed by atoms with Crippen molar-refractivity contribution in [3.8, 4) is 0 Å². The molecule has 4 aromatic rings. The van der Waals surface area contributed by atoms with Gasteiger partial charge in [0.25, 0.3) is 5.91 Å². The van der Waals surface area contributed by atoms with Crippen molar-refractivity contribution in [2.75, 3.05) is 75.7 Å². The molecule has 0 saturated carbocycles. The molecule has 4 aliphatic rings. The minimum Gasteiger partial charge on any atom is -0.423 e. The smallest absolute Gasteiger partial charge is 0.315 e. The number of amides is 5. The number of hydrogen-bond acceptors (Lipinski definition) is 13. The minimum absolute atomic E-state index is 0.0410. The first kappa shape index (κ1) is 38.6. The molecule has 8 rings (SSSR count). The van der Waals surface area contributed by atoms with Crippen LogP contribution in [0, 0.1) is 0 Å². The van der Waals surface area contributed by atoms with E-state index in [0.717, 1.165) is 70.6 Å². The maximum atomic E-state index is 13.5. The maximum absolute atomic E-state index is 13.5. The molecule has 57 heavy (non-hydrogen) atoms. The van der Waals surface area contributed by atoms with Crippen LogP contribution >= 0.6 is 11.8 Å². The number of piperidine rings is 1. The molecule has 4 saturated heterocycles. The van der Waals surface area contributed by atoms with E-state index in [1.54, 1.807) is 22.9 Å². The fourth-order valence-corrected chi connectivity index (χ4v) is 9.71. The summed E-state index contributed by atoms with van der Waals surface area (Å²) >= 11 is 1.91. The number of hydrogen-bond donors (Lipinski definition) is 5. The van der Waals surface area contributed by atoms with Gasteiger partial charge in [-0.1, -0.05) is 24.6 Å². The van der Waals surface area contributed by atoms with Gasteiger partial charge >= 0.3 is 12.0 Å². The number of nitrogen functional groups attached to an aromatic ring is 1. The molecule has 302 valence electrons. The van der Waals surface area contributed by atoms with E-state index in [1.807, 2.05) is 34.9 Å². The first-order chi connectivity index (χ1) is 27.8. The van der Waals surface area contributed by atoms with Crippen molar-refractivity contribution >= 4 is 69.5 Å². The lowest BCUT2D eigenvalue weighted by molar-refractivity contribution is -0.127. The lowest BCUT2D eigenvalue weighted by atomic mass is 10.0. The number of carbonyl (C=O) groups is 4. The van der Waals surface area contributed by atoms with Crippen LogP contribution in [0.3, 0.4) is 0 Å². The van der Waals surface area contributed by atoms with Gasteiger partial charge in [-0.25, -0.2) is 19.4 Å². The number of para-hydroxylation sites is 2. The summed E-state index contributed by atoms with van der Waals surface area (Å²) in [6.07, 6.45) is 9.80. The molecule has 5 amide bonds. The van der Waals surface area contributed by atoms with Gasteiger partial charge in [0.2, 0.25) is 11.8 Å². The van der Waals surface area contributed by atoms with Gasteiger partial charge in [0.05, 0.1) is 23.5 Å². The van der Waals surface area contributed by atoms with Crippen molar-refractivity contribution in [1.29, 1.82) is 0 Å². The predicted molar refractivity (Wildman–Crippen MR) is 216 cm³/mol. The van der Waals surface area contributed by atoms with Gasteiger partial charge in [-0.3, -0.25) is 29.5 Å². The molecule has 3 aromatic heterocycles. The molecule has 1 unspecified atom stereocenters. The van der Waals surface area contributed by atoms with Crippen molar-refractivity contribution in [1.82, 2.24) is 55.4 Å². The number of urea groups is 1. The van der Waals surface area contributed by atoms with Crippen LogP contribution in [0.2, 0.25) is 0 Å². The van der Waals surface area contributed by atoms with Crippen molar-refractivity contribution in [3.05, 3.63) is 48.4 Å². The zero-order chi connectivity index (χ0) is 39.3. The van der Waals surface area contributed by atoms with Crippen LogP contribution in [0.5, 0.6) is 0 Å². The molecule has 6 N–H and O–H groups in total. The molecular weight excluding hydrogens is 751 g/mol. The van der Waals surface area contributed by atoms with Crippen LogP contribution in [-0.2, 0) is 9.59 Å². The highest BCUT2D eigenvalue weighted by atomic mass is 32.2. The molecule has 0 aliphatic carbocycles. The van der Waals surface area contributed by atoms with Gasteiger partial charge in [-0.05, 0) is 37.8 Å². The topological polar surface area (TPSA) is 222 Å². The Morgan fingerprint density at radius 3 is 2.75 bits per heavy atom. The van der Waals surface area contributed by atoms with E-state index in [4.69, 9.17) is 10.2 Å². The number of piperazine rings is 1. The highest BCUT2D eigenvalue weighted by molar-refractivity contribution is 8.00. The molecule has 4 atom stereocenters. The summed E-state index contributed by atoms with van der Waals surface area (Å²) < 4.78 is 7.36. The number of aromatic nitrogens is 5. The Kier molecular flexibility index (Phi) is 11.8. The van der Waals surface area contributed by atoms with E-state index in [2.05, 4.69) is 51.1 Å². The molecule has 0 bridgehead atoms. The Balaban J connectivity index is 0.755. The van der Waals surface area contributed by atoms with Crippen molar-refractivity contribution in [3.63, 3.8) is 0 Å². The second kappa shape index (κ2) is 17.5. The molecule has 0 radical (unpaired) electrons. The SMILES string of the molecule is Nc1ncnc2c1c(C(=O)Nc1nc3ccccc3o1)nn2C1CCCN(C(=O)C=CCN2CCN(CCNC(=O)CCCC[C@@H]3SC[C@@H]4NC(=O)N[C@@H]43)CC2)C1. The zero-order valence-electron chi connectivity index (χ0n) is 31.8. The van der Waals surface area contributed by atoms with Gasteiger partial charge < -0.3 is 31.0 Å². The van der Waals surface area contributed by atoms with Gasteiger partial charge in [0, 0.05) is 82.4 Å². The lowest BCUT2D eigenvalue weighted by Crippen LogP contribution is -2.48. The van der Waals surface area contributed by atoms with E-state index in [1.165, 1.54) is 6.33 Å². The summed E-state index contributed by atoms with van der Waals surface area (Å²) in [5.41, 5.74) is 7.87. The number of fused-ring (bicyclic) bond motifs is 3. The monoisotopic (exact) mass is 799 g/mol. The number of anilines is 2. The molecule has 4 fully saturated rings. The molecule has 4 aliphatic heterocycles. The van der Waals surface area contributed by atoms with E-state index in [9.17, 15) is 19.2 Å². The minimum atomic E-state index is -0.554. The van der Waals surface area contributed by atoms with E-state index in [-0.39, 0.29) is 53.5 Å². The number of nitrogens with zero attached hydrogens (tertiary/aromatic N) is 8. The van der Waals surface area contributed by atoms with E-state index in [0.29, 0.717) is 60.0 Å². The summed E-state index contributed by atoms with van der Waals surface area (Å²) in [5.74, 6) is 0.554.